The highest BCUT2D eigenvalue weighted by atomic mass is 32.1. The molecule has 0 saturated carbocycles. The van der Waals surface area contributed by atoms with E-state index in [-0.39, 0.29) is 11.8 Å². The highest BCUT2D eigenvalue weighted by Gasteiger charge is 2.26. The minimum atomic E-state index is -0.259. The minimum Gasteiger partial charge on any atom is -0.322 e. The summed E-state index contributed by atoms with van der Waals surface area (Å²) in [6.07, 6.45) is 6.74. The number of nitrogens with zero attached hydrogens (tertiary/aromatic N) is 2. The largest absolute Gasteiger partial charge is 0.322 e. The van der Waals surface area contributed by atoms with Crippen LogP contribution in [0.3, 0.4) is 0 Å². The van der Waals surface area contributed by atoms with Crippen molar-refractivity contribution < 1.29 is 9.59 Å². The van der Waals surface area contributed by atoms with Gasteiger partial charge in [-0.05, 0) is 49.4 Å². The number of carbonyl (C=O) groups is 2. The maximum atomic E-state index is 13.1. The van der Waals surface area contributed by atoms with E-state index in [4.69, 9.17) is 0 Å². The Morgan fingerprint density at radius 2 is 1.79 bits per heavy atom. The Bertz CT molecular complexity index is 1010. The van der Waals surface area contributed by atoms with Gasteiger partial charge in [0.15, 0.2) is 0 Å². The summed E-state index contributed by atoms with van der Waals surface area (Å²) in [7, 11) is 1.72. The van der Waals surface area contributed by atoms with Gasteiger partial charge in [-0.2, -0.15) is 5.10 Å². The molecule has 0 unspecified atom stereocenters. The number of anilines is 2. The topological polar surface area (TPSA) is 76.0 Å². The number of fused-ring (bicyclic) bond motifs is 1. The van der Waals surface area contributed by atoms with Crippen LogP contribution in [-0.4, -0.2) is 21.6 Å². The Morgan fingerprint density at radius 1 is 1.00 bits per heavy atom. The lowest BCUT2D eigenvalue weighted by atomic mass is 10.0. The van der Waals surface area contributed by atoms with Crippen molar-refractivity contribution in [1.82, 2.24) is 9.78 Å². The molecule has 0 bridgehead atoms. The van der Waals surface area contributed by atoms with Gasteiger partial charge in [0.05, 0.1) is 5.56 Å². The van der Waals surface area contributed by atoms with Gasteiger partial charge in [-0.15, -0.1) is 11.3 Å². The third kappa shape index (κ3) is 3.71. The maximum absolute atomic E-state index is 13.1. The summed E-state index contributed by atoms with van der Waals surface area (Å²) >= 11 is 1.52. The van der Waals surface area contributed by atoms with Crippen LogP contribution >= 0.6 is 11.3 Å². The summed E-state index contributed by atoms with van der Waals surface area (Å²) < 4.78 is 1.53. The molecule has 2 heterocycles. The molecule has 7 heteroatoms. The smallest absolute Gasteiger partial charge is 0.274 e. The predicted octanol–water partition coefficient (Wildman–Crippen LogP) is 4.26. The van der Waals surface area contributed by atoms with Gasteiger partial charge >= 0.3 is 0 Å². The predicted molar refractivity (Wildman–Crippen MR) is 111 cm³/mol. The van der Waals surface area contributed by atoms with Gasteiger partial charge in [0.1, 0.15) is 10.7 Å². The van der Waals surface area contributed by atoms with E-state index in [1.54, 1.807) is 19.3 Å². The average molecular weight is 395 g/mol. The van der Waals surface area contributed by atoms with Crippen molar-refractivity contribution in [3.05, 3.63) is 64.3 Å². The molecule has 3 aromatic rings. The molecule has 4 rings (SSSR count). The van der Waals surface area contributed by atoms with E-state index in [0.717, 1.165) is 43.4 Å². The van der Waals surface area contributed by atoms with Gasteiger partial charge in [-0.1, -0.05) is 24.6 Å². The van der Waals surface area contributed by atoms with Crippen LogP contribution in [0.1, 0.15) is 50.5 Å². The van der Waals surface area contributed by atoms with E-state index in [9.17, 15) is 9.59 Å². The first kappa shape index (κ1) is 18.4. The summed E-state index contributed by atoms with van der Waals surface area (Å²) in [5, 5.41) is 10.6. The van der Waals surface area contributed by atoms with Crippen LogP contribution in [0.4, 0.5) is 10.7 Å². The number of hydrogen-bond acceptors (Lipinski definition) is 4. The Labute approximate surface area is 167 Å². The second kappa shape index (κ2) is 7.98. The fourth-order valence-corrected chi connectivity index (χ4v) is 4.83. The molecule has 0 fully saturated rings. The van der Waals surface area contributed by atoms with E-state index in [0.29, 0.717) is 16.3 Å². The Kier molecular flexibility index (Phi) is 5.25. The number of nitrogens with one attached hydrogen (secondary N) is 2. The summed E-state index contributed by atoms with van der Waals surface area (Å²) in [6.45, 7) is 0. The molecule has 1 aliphatic rings. The quantitative estimate of drug-likeness (QED) is 0.650. The second-order valence-electron chi connectivity index (χ2n) is 6.88. The SMILES string of the molecule is Cn1nccc1C(=O)Nc1sc2c(c1C(=O)Nc1ccccc1)CCCCC2. The molecular weight excluding hydrogens is 372 g/mol. The standard InChI is InChI=1S/C21H22N4O2S/c1-25-16(12-13-22-25)19(26)24-21-18(15-10-6-3-7-11-17(15)28-21)20(27)23-14-8-4-2-5-9-14/h2,4-5,8-9,12-13H,3,6-7,10-11H2,1H3,(H,23,27)(H,24,26). The number of aryl methyl sites for hydroxylation is 2. The van der Waals surface area contributed by atoms with E-state index in [2.05, 4.69) is 15.7 Å². The molecule has 0 saturated heterocycles. The van der Waals surface area contributed by atoms with Crippen LogP contribution in [0.2, 0.25) is 0 Å². The van der Waals surface area contributed by atoms with E-state index in [1.807, 2.05) is 30.3 Å². The number of hydrogen-bond donors (Lipinski definition) is 2. The van der Waals surface area contributed by atoms with Gasteiger partial charge in [0, 0.05) is 23.8 Å². The third-order valence-corrected chi connectivity index (χ3v) is 6.17. The lowest BCUT2D eigenvalue weighted by Gasteiger charge is -2.10. The van der Waals surface area contributed by atoms with Gasteiger partial charge < -0.3 is 10.6 Å². The van der Waals surface area contributed by atoms with Crippen LogP contribution < -0.4 is 10.6 Å². The van der Waals surface area contributed by atoms with Crippen molar-refractivity contribution in [3.63, 3.8) is 0 Å². The molecule has 144 valence electrons. The lowest BCUT2D eigenvalue weighted by Crippen LogP contribution is -2.19. The highest BCUT2D eigenvalue weighted by molar-refractivity contribution is 7.17. The van der Waals surface area contributed by atoms with Crippen molar-refractivity contribution in [2.24, 2.45) is 7.05 Å². The van der Waals surface area contributed by atoms with Crippen molar-refractivity contribution >= 4 is 33.8 Å². The van der Waals surface area contributed by atoms with Crippen molar-refractivity contribution in [2.45, 2.75) is 32.1 Å². The highest BCUT2D eigenvalue weighted by Crippen LogP contribution is 2.38. The molecule has 0 spiro atoms. The van der Waals surface area contributed by atoms with E-state index in [1.165, 1.54) is 20.9 Å². The first-order chi connectivity index (χ1) is 13.6. The zero-order valence-corrected chi connectivity index (χ0v) is 16.5. The van der Waals surface area contributed by atoms with Gasteiger partial charge in [-0.25, -0.2) is 0 Å². The monoisotopic (exact) mass is 394 g/mol. The maximum Gasteiger partial charge on any atom is 0.274 e. The normalized spacial score (nSPS) is 13.5. The van der Waals surface area contributed by atoms with Crippen LogP contribution in [0.25, 0.3) is 0 Å². The van der Waals surface area contributed by atoms with Crippen LogP contribution in [0.15, 0.2) is 42.6 Å². The summed E-state index contributed by atoms with van der Waals surface area (Å²) in [6, 6.07) is 11.1. The molecule has 1 aromatic carbocycles. The second-order valence-corrected chi connectivity index (χ2v) is 7.99. The molecule has 2 N–H and O–H groups in total. The van der Waals surface area contributed by atoms with Crippen molar-refractivity contribution in [1.29, 1.82) is 0 Å². The fraction of sp³-hybridized carbons (Fsp3) is 0.286. The van der Waals surface area contributed by atoms with Crippen molar-refractivity contribution in [3.8, 4) is 0 Å². The summed E-state index contributed by atoms with van der Waals surface area (Å²) in [4.78, 5) is 27.1. The zero-order chi connectivity index (χ0) is 19.5. The zero-order valence-electron chi connectivity index (χ0n) is 15.7. The number of rotatable bonds is 4. The van der Waals surface area contributed by atoms with Crippen LogP contribution in [-0.2, 0) is 19.9 Å². The number of carbonyl (C=O) groups excluding carboxylic acids is 2. The molecule has 6 nitrogen and oxygen atoms in total. The van der Waals surface area contributed by atoms with Gasteiger partial charge in [0.2, 0.25) is 0 Å². The molecule has 0 atom stereocenters. The third-order valence-electron chi connectivity index (χ3n) is 4.96. The van der Waals surface area contributed by atoms with Crippen LogP contribution in [0, 0.1) is 0 Å². The number of benzene rings is 1. The molecular formula is C21H22N4O2S. The van der Waals surface area contributed by atoms with E-state index < -0.39 is 0 Å². The Morgan fingerprint density at radius 3 is 2.54 bits per heavy atom. The Balaban J connectivity index is 1.68. The molecule has 28 heavy (non-hydrogen) atoms. The summed E-state index contributed by atoms with van der Waals surface area (Å²) in [5.41, 5.74) is 2.88. The molecule has 2 amide bonds. The fourth-order valence-electron chi connectivity index (χ4n) is 3.55. The molecule has 0 aliphatic heterocycles. The average Bonchev–Trinajstić information content (AvgIpc) is 3.18. The molecule has 2 aromatic heterocycles. The molecule has 0 radical (unpaired) electrons. The minimum absolute atomic E-state index is 0.175. The van der Waals surface area contributed by atoms with Gasteiger partial charge in [-0.3, -0.25) is 14.3 Å². The first-order valence-electron chi connectivity index (χ1n) is 9.44. The number of thiophene rings is 1. The Hall–Kier alpha value is -2.93. The summed E-state index contributed by atoms with van der Waals surface area (Å²) in [5.74, 6) is -0.434. The number of para-hydroxylation sites is 1. The number of amides is 2. The molecule has 1 aliphatic carbocycles. The first-order valence-corrected chi connectivity index (χ1v) is 10.3. The van der Waals surface area contributed by atoms with E-state index >= 15 is 0 Å². The van der Waals surface area contributed by atoms with Gasteiger partial charge in [0.25, 0.3) is 11.8 Å². The lowest BCUT2D eigenvalue weighted by molar-refractivity contribution is 0.101. The van der Waals surface area contributed by atoms with Crippen molar-refractivity contribution in [2.75, 3.05) is 10.6 Å². The van der Waals surface area contributed by atoms with Crippen LogP contribution in [0.5, 0.6) is 0 Å². The number of aromatic nitrogens is 2.